The molecule has 2 heterocycles. The number of benzene rings is 2. The van der Waals surface area contributed by atoms with Gasteiger partial charge in [0.1, 0.15) is 0 Å². The predicted octanol–water partition coefficient (Wildman–Crippen LogP) is 2.12. The number of carbonyl (C=O) groups excluding carboxylic acids is 2. The summed E-state index contributed by atoms with van der Waals surface area (Å²) in [7, 11) is 1.62. The Labute approximate surface area is 176 Å². The van der Waals surface area contributed by atoms with Gasteiger partial charge in [0.15, 0.2) is 12.2 Å². The van der Waals surface area contributed by atoms with Crippen LogP contribution >= 0.6 is 15.9 Å². The average molecular weight is 455 g/mol. The second-order valence-corrected chi connectivity index (χ2v) is 7.67. The lowest BCUT2D eigenvalue weighted by Gasteiger charge is -2.36. The van der Waals surface area contributed by atoms with Gasteiger partial charge >= 0.3 is 6.03 Å². The molecule has 2 aliphatic rings. The molecular formula is C20H19BrN6O2. The number of nitrogens with one attached hydrogen (secondary N) is 2. The standard InChI is InChI=1S/C20H19BrN6O2/c1-26-17-16(18(28)24-20(26)29)27(12-14-7-9-15(21)10-8-14)19(23-17)25-22-11-13-5-3-2-4-6-13/h2-11,16-17H,12H2,1H3,(H,23,25)(H,24,28,29)/b22-11+. The molecule has 1 fully saturated rings. The molecule has 2 aliphatic heterocycles. The van der Waals surface area contributed by atoms with Crippen molar-refractivity contribution in [3.63, 3.8) is 0 Å². The number of imide groups is 1. The van der Waals surface area contributed by atoms with Crippen molar-refractivity contribution in [2.75, 3.05) is 7.05 Å². The monoisotopic (exact) mass is 454 g/mol. The Morgan fingerprint density at radius 1 is 1.17 bits per heavy atom. The summed E-state index contributed by atoms with van der Waals surface area (Å²) in [6.07, 6.45) is 1.07. The van der Waals surface area contributed by atoms with Crippen LogP contribution in [0.2, 0.25) is 0 Å². The van der Waals surface area contributed by atoms with Crippen LogP contribution in [0.3, 0.4) is 0 Å². The Balaban J connectivity index is 1.60. The second kappa shape index (κ2) is 8.04. The van der Waals surface area contributed by atoms with Gasteiger partial charge in [0.25, 0.3) is 5.91 Å². The fourth-order valence-electron chi connectivity index (χ4n) is 3.28. The van der Waals surface area contributed by atoms with Gasteiger partial charge in [-0.05, 0) is 23.3 Å². The van der Waals surface area contributed by atoms with Crippen molar-refractivity contribution in [2.45, 2.75) is 18.8 Å². The molecule has 0 saturated carbocycles. The molecule has 2 aromatic carbocycles. The van der Waals surface area contributed by atoms with Crippen molar-refractivity contribution in [1.29, 1.82) is 0 Å². The van der Waals surface area contributed by atoms with Crippen LogP contribution in [0.1, 0.15) is 11.1 Å². The van der Waals surface area contributed by atoms with E-state index in [9.17, 15) is 9.59 Å². The van der Waals surface area contributed by atoms with Gasteiger partial charge in [0.2, 0.25) is 5.96 Å². The lowest BCUT2D eigenvalue weighted by molar-refractivity contribution is -0.127. The van der Waals surface area contributed by atoms with E-state index in [-0.39, 0.29) is 5.91 Å². The van der Waals surface area contributed by atoms with Gasteiger partial charge in [-0.2, -0.15) is 5.10 Å². The summed E-state index contributed by atoms with van der Waals surface area (Å²) in [6.45, 7) is 0.441. The number of nitrogens with zero attached hydrogens (tertiary/aromatic N) is 4. The van der Waals surface area contributed by atoms with Crippen LogP contribution in [0.5, 0.6) is 0 Å². The van der Waals surface area contributed by atoms with Gasteiger partial charge in [0, 0.05) is 18.1 Å². The Kier molecular flexibility index (Phi) is 5.30. The molecule has 0 aromatic heterocycles. The third kappa shape index (κ3) is 4.00. The van der Waals surface area contributed by atoms with Gasteiger partial charge in [-0.25, -0.2) is 15.2 Å². The number of fused-ring (bicyclic) bond motifs is 1. The molecule has 8 nitrogen and oxygen atoms in total. The predicted molar refractivity (Wildman–Crippen MR) is 113 cm³/mol. The van der Waals surface area contributed by atoms with E-state index < -0.39 is 18.2 Å². The quantitative estimate of drug-likeness (QED) is 0.546. The van der Waals surface area contributed by atoms with Gasteiger partial charge < -0.3 is 9.80 Å². The number of hydrazone groups is 1. The van der Waals surface area contributed by atoms with E-state index in [1.54, 1.807) is 13.3 Å². The first kappa shape index (κ1) is 19.1. The molecule has 0 bridgehead atoms. The van der Waals surface area contributed by atoms with Gasteiger partial charge in [-0.15, -0.1) is 0 Å². The van der Waals surface area contributed by atoms with Crippen LogP contribution in [0.25, 0.3) is 0 Å². The molecule has 148 valence electrons. The molecular weight excluding hydrogens is 436 g/mol. The summed E-state index contributed by atoms with van der Waals surface area (Å²) in [6, 6.07) is 16.4. The highest BCUT2D eigenvalue weighted by molar-refractivity contribution is 9.10. The van der Waals surface area contributed by atoms with E-state index in [0.29, 0.717) is 12.5 Å². The highest BCUT2D eigenvalue weighted by atomic mass is 79.9. The number of amides is 3. The third-order valence-electron chi connectivity index (χ3n) is 4.80. The molecule has 0 aliphatic carbocycles. The van der Waals surface area contributed by atoms with Crippen molar-refractivity contribution in [3.8, 4) is 0 Å². The molecule has 29 heavy (non-hydrogen) atoms. The molecule has 2 unspecified atom stereocenters. The van der Waals surface area contributed by atoms with E-state index in [1.807, 2.05) is 59.5 Å². The maximum Gasteiger partial charge on any atom is 0.325 e. The minimum Gasteiger partial charge on any atom is -0.321 e. The van der Waals surface area contributed by atoms with Crippen LogP contribution < -0.4 is 10.7 Å². The fourth-order valence-corrected chi connectivity index (χ4v) is 3.55. The SMILES string of the molecule is CN1C(=O)NC(=O)C2C1N=C(N/N=C/c1ccccc1)N2Cc1ccc(Br)cc1. The smallest absolute Gasteiger partial charge is 0.321 e. The number of rotatable bonds is 4. The van der Waals surface area contributed by atoms with Crippen LogP contribution in [0, 0.1) is 0 Å². The largest absolute Gasteiger partial charge is 0.325 e. The van der Waals surface area contributed by atoms with E-state index in [2.05, 4.69) is 36.8 Å². The lowest BCUT2D eigenvalue weighted by atomic mass is 10.1. The molecule has 4 rings (SSSR count). The first-order valence-corrected chi connectivity index (χ1v) is 9.83. The number of likely N-dealkylation sites (N-methyl/N-ethyl adjacent to an activating group) is 1. The zero-order valence-corrected chi connectivity index (χ0v) is 17.2. The van der Waals surface area contributed by atoms with Crippen molar-refractivity contribution >= 4 is 40.0 Å². The van der Waals surface area contributed by atoms with E-state index >= 15 is 0 Å². The summed E-state index contributed by atoms with van der Waals surface area (Å²) in [5.41, 5.74) is 4.88. The highest BCUT2D eigenvalue weighted by Gasteiger charge is 2.48. The zero-order valence-electron chi connectivity index (χ0n) is 15.6. The first-order chi connectivity index (χ1) is 14.0. The molecule has 2 aromatic rings. The molecule has 1 saturated heterocycles. The number of guanidine groups is 1. The molecule has 3 amide bonds. The van der Waals surface area contributed by atoms with Crippen LogP contribution in [-0.2, 0) is 11.3 Å². The number of aliphatic imine (C=N–C) groups is 1. The van der Waals surface area contributed by atoms with Gasteiger partial charge in [0.05, 0.1) is 6.21 Å². The number of hydrogen-bond acceptors (Lipinski definition) is 6. The van der Waals surface area contributed by atoms with E-state index in [4.69, 9.17) is 0 Å². The summed E-state index contributed by atoms with van der Waals surface area (Å²) >= 11 is 3.43. The molecule has 2 atom stereocenters. The van der Waals surface area contributed by atoms with E-state index in [0.717, 1.165) is 15.6 Å². The molecule has 0 radical (unpaired) electrons. The normalized spacial score (nSPS) is 21.2. The van der Waals surface area contributed by atoms with Gasteiger partial charge in [-0.3, -0.25) is 10.1 Å². The number of halogens is 1. The van der Waals surface area contributed by atoms with Crippen LogP contribution in [0.15, 0.2) is 69.2 Å². The second-order valence-electron chi connectivity index (χ2n) is 6.75. The van der Waals surface area contributed by atoms with Crippen LogP contribution in [0.4, 0.5) is 4.79 Å². The van der Waals surface area contributed by atoms with Crippen molar-refractivity contribution in [1.82, 2.24) is 20.5 Å². The number of hydrogen-bond donors (Lipinski definition) is 2. The average Bonchev–Trinajstić information content (AvgIpc) is 3.08. The maximum atomic E-state index is 12.6. The van der Waals surface area contributed by atoms with Crippen molar-refractivity contribution in [3.05, 3.63) is 70.2 Å². The summed E-state index contributed by atoms with van der Waals surface area (Å²) < 4.78 is 0.973. The Hall–Kier alpha value is -3.20. The number of carbonyl (C=O) groups is 2. The molecule has 0 spiro atoms. The van der Waals surface area contributed by atoms with E-state index in [1.165, 1.54) is 4.90 Å². The van der Waals surface area contributed by atoms with Crippen molar-refractivity contribution in [2.24, 2.45) is 10.1 Å². The Morgan fingerprint density at radius 2 is 1.90 bits per heavy atom. The zero-order chi connectivity index (χ0) is 20.4. The lowest BCUT2D eigenvalue weighted by Crippen LogP contribution is -2.63. The number of urea groups is 1. The summed E-state index contributed by atoms with van der Waals surface area (Å²) in [4.78, 5) is 32.4. The molecule has 9 heteroatoms. The highest BCUT2D eigenvalue weighted by Crippen LogP contribution is 2.25. The first-order valence-electron chi connectivity index (χ1n) is 9.03. The minimum atomic E-state index is -0.629. The van der Waals surface area contributed by atoms with Gasteiger partial charge in [-0.1, -0.05) is 58.4 Å². The maximum absolute atomic E-state index is 12.6. The summed E-state index contributed by atoms with van der Waals surface area (Å²) in [5.74, 6) is 0.0644. The topological polar surface area (TPSA) is 89.4 Å². The van der Waals surface area contributed by atoms with Crippen LogP contribution in [-0.4, -0.2) is 53.2 Å². The van der Waals surface area contributed by atoms with Crippen molar-refractivity contribution < 1.29 is 9.59 Å². The Bertz CT molecular complexity index is 976. The third-order valence-corrected chi connectivity index (χ3v) is 5.33. The molecule has 2 N–H and O–H groups in total. The fraction of sp³-hybridized carbons (Fsp3) is 0.200. The minimum absolute atomic E-state index is 0.372. The Morgan fingerprint density at radius 3 is 2.62 bits per heavy atom. The summed E-state index contributed by atoms with van der Waals surface area (Å²) in [5, 5.41) is 6.65.